The summed E-state index contributed by atoms with van der Waals surface area (Å²) < 4.78 is 0. The van der Waals surface area contributed by atoms with Gasteiger partial charge in [-0.15, -0.1) is 0 Å². The quantitative estimate of drug-likeness (QED) is 0.834. The lowest BCUT2D eigenvalue weighted by Crippen LogP contribution is -2.29. The maximum atomic E-state index is 12.2. The maximum Gasteiger partial charge on any atom is 0.272 e. The van der Waals surface area contributed by atoms with E-state index in [2.05, 4.69) is 17.2 Å². The Morgan fingerprint density at radius 2 is 2.10 bits per heavy atom. The van der Waals surface area contributed by atoms with E-state index in [-0.39, 0.29) is 11.8 Å². The number of pyridine rings is 1. The van der Waals surface area contributed by atoms with Crippen LogP contribution in [0, 0.1) is 0 Å². The third-order valence-electron chi connectivity index (χ3n) is 3.45. The van der Waals surface area contributed by atoms with Gasteiger partial charge in [0.25, 0.3) is 11.8 Å². The zero-order chi connectivity index (χ0) is 14.4. The Kier molecular flexibility index (Phi) is 5.09. The van der Waals surface area contributed by atoms with Crippen molar-refractivity contribution in [1.29, 1.82) is 0 Å². The first-order chi connectivity index (χ1) is 9.72. The van der Waals surface area contributed by atoms with E-state index in [1.807, 2.05) is 0 Å². The van der Waals surface area contributed by atoms with E-state index < -0.39 is 0 Å². The molecule has 5 nitrogen and oxygen atoms in total. The largest absolute Gasteiger partial charge is 0.352 e. The first-order valence-electron chi connectivity index (χ1n) is 7.26. The lowest BCUT2D eigenvalue weighted by Gasteiger charge is -2.14. The highest BCUT2D eigenvalue weighted by atomic mass is 16.2. The number of rotatable bonds is 5. The number of carbonyl (C=O) groups excluding carboxylic acids is 2. The number of likely N-dealkylation sites (tertiary alicyclic amines) is 1. The minimum atomic E-state index is -0.142. The highest BCUT2D eigenvalue weighted by Gasteiger charge is 2.21. The normalized spacial score (nSPS) is 14.3. The van der Waals surface area contributed by atoms with Crippen molar-refractivity contribution in [2.75, 3.05) is 19.6 Å². The van der Waals surface area contributed by atoms with Gasteiger partial charge in [-0.2, -0.15) is 0 Å². The van der Waals surface area contributed by atoms with E-state index in [1.165, 1.54) is 6.20 Å². The number of hydrogen-bond donors (Lipinski definition) is 1. The van der Waals surface area contributed by atoms with Crippen LogP contribution in [0.2, 0.25) is 0 Å². The molecule has 1 aromatic heterocycles. The lowest BCUT2D eigenvalue weighted by atomic mass is 10.2. The van der Waals surface area contributed by atoms with Gasteiger partial charge in [0.15, 0.2) is 0 Å². The fourth-order valence-electron chi connectivity index (χ4n) is 2.25. The predicted octanol–water partition coefficient (Wildman–Crippen LogP) is 1.85. The molecular weight excluding hydrogens is 254 g/mol. The van der Waals surface area contributed by atoms with Crippen molar-refractivity contribution >= 4 is 11.8 Å². The zero-order valence-electron chi connectivity index (χ0n) is 11.9. The average molecular weight is 275 g/mol. The molecule has 0 atom stereocenters. The Morgan fingerprint density at radius 3 is 2.80 bits per heavy atom. The van der Waals surface area contributed by atoms with Gasteiger partial charge in [-0.3, -0.25) is 14.6 Å². The van der Waals surface area contributed by atoms with Crippen LogP contribution in [0.25, 0.3) is 0 Å². The number of unbranched alkanes of at least 4 members (excludes halogenated alkanes) is 1. The molecule has 2 amide bonds. The molecule has 0 spiro atoms. The van der Waals surface area contributed by atoms with Gasteiger partial charge in [0.1, 0.15) is 5.69 Å². The molecule has 108 valence electrons. The summed E-state index contributed by atoms with van der Waals surface area (Å²) in [5, 5.41) is 2.84. The van der Waals surface area contributed by atoms with Crippen LogP contribution in [0.3, 0.4) is 0 Å². The predicted molar refractivity (Wildman–Crippen MR) is 76.6 cm³/mol. The van der Waals surface area contributed by atoms with Gasteiger partial charge in [0, 0.05) is 31.4 Å². The zero-order valence-corrected chi connectivity index (χ0v) is 11.9. The second kappa shape index (κ2) is 7.03. The van der Waals surface area contributed by atoms with Crippen LogP contribution in [-0.2, 0) is 0 Å². The fourth-order valence-corrected chi connectivity index (χ4v) is 2.25. The summed E-state index contributed by atoms with van der Waals surface area (Å²) in [7, 11) is 0. The maximum absolute atomic E-state index is 12.2. The Morgan fingerprint density at radius 1 is 1.35 bits per heavy atom. The van der Waals surface area contributed by atoms with Crippen LogP contribution < -0.4 is 5.32 Å². The fraction of sp³-hybridized carbons (Fsp3) is 0.533. The number of amides is 2. The van der Waals surface area contributed by atoms with Gasteiger partial charge in [0.05, 0.1) is 0 Å². The van der Waals surface area contributed by atoms with Gasteiger partial charge in [-0.25, -0.2) is 0 Å². The number of hydrogen-bond acceptors (Lipinski definition) is 3. The molecule has 1 N–H and O–H groups in total. The molecule has 20 heavy (non-hydrogen) atoms. The third-order valence-corrected chi connectivity index (χ3v) is 3.45. The molecule has 0 bridgehead atoms. The molecular formula is C15H21N3O2. The van der Waals surface area contributed by atoms with E-state index in [0.717, 1.165) is 38.8 Å². The van der Waals surface area contributed by atoms with Gasteiger partial charge >= 0.3 is 0 Å². The SMILES string of the molecule is CCCCNC(=O)c1ccnc(C(=O)N2CCCC2)c1. The molecule has 1 saturated heterocycles. The van der Waals surface area contributed by atoms with E-state index >= 15 is 0 Å². The van der Waals surface area contributed by atoms with Crippen molar-refractivity contribution in [1.82, 2.24) is 15.2 Å². The summed E-state index contributed by atoms with van der Waals surface area (Å²) in [5.41, 5.74) is 0.855. The van der Waals surface area contributed by atoms with Gasteiger partial charge in [0.2, 0.25) is 0 Å². The molecule has 1 aliphatic rings. The summed E-state index contributed by atoms with van der Waals surface area (Å²) in [6, 6.07) is 3.23. The Hall–Kier alpha value is -1.91. The van der Waals surface area contributed by atoms with E-state index in [9.17, 15) is 9.59 Å². The molecule has 0 aromatic carbocycles. The first kappa shape index (κ1) is 14.5. The summed E-state index contributed by atoms with van der Waals surface area (Å²) in [6.45, 7) is 4.30. The molecule has 0 radical (unpaired) electrons. The van der Waals surface area contributed by atoms with Crippen molar-refractivity contribution in [2.24, 2.45) is 0 Å². The van der Waals surface area contributed by atoms with E-state index in [4.69, 9.17) is 0 Å². The second-order valence-corrected chi connectivity index (χ2v) is 5.04. The molecule has 1 aliphatic heterocycles. The molecule has 2 heterocycles. The van der Waals surface area contributed by atoms with Crippen LogP contribution in [0.5, 0.6) is 0 Å². The first-order valence-corrected chi connectivity index (χ1v) is 7.26. The summed E-state index contributed by atoms with van der Waals surface area (Å²) in [4.78, 5) is 30.0. The Bertz CT molecular complexity index is 482. The lowest BCUT2D eigenvalue weighted by molar-refractivity contribution is 0.0787. The van der Waals surface area contributed by atoms with E-state index in [0.29, 0.717) is 17.8 Å². The monoisotopic (exact) mass is 275 g/mol. The molecule has 0 unspecified atom stereocenters. The Balaban J connectivity index is 2.03. The van der Waals surface area contributed by atoms with Crippen LogP contribution in [0.1, 0.15) is 53.5 Å². The number of nitrogens with zero attached hydrogens (tertiary/aromatic N) is 2. The van der Waals surface area contributed by atoms with E-state index in [1.54, 1.807) is 17.0 Å². The molecule has 0 aliphatic carbocycles. The van der Waals surface area contributed by atoms with Gasteiger partial charge in [-0.05, 0) is 31.4 Å². The topological polar surface area (TPSA) is 62.3 Å². The van der Waals surface area contributed by atoms with Crippen LogP contribution in [0.4, 0.5) is 0 Å². The van der Waals surface area contributed by atoms with Crippen molar-refractivity contribution < 1.29 is 9.59 Å². The third kappa shape index (κ3) is 3.56. The number of nitrogens with one attached hydrogen (secondary N) is 1. The van der Waals surface area contributed by atoms with Crippen molar-refractivity contribution in [3.63, 3.8) is 0 Å². The highest BCUT2D eigenvalue weighted by molar-refractivity contribution is 5.98. The Labute approximate surface area is 119 Å². The van der Waals surface area contributed by atoms with Gasteiger partial charge < -0.3 is 10.2 Å². The standard InChI is InChI=1S/C15H21N3O2/c1-2-3-7-17-14(19)12-6-8-16-13(11-12)15(20)18-9-4-5-10-18/h6,8,11H,2-5,7,9-10H2,1H3,(H,17,19). The summed E-state index contributed by atoms with van der Waals surface area (Å²) in [6.07, 6.45) is 5.61. The van der Waals surface area contributed by atoms with Crippen molar-refractivity contribution in [3.8, 4) is 0 Å². The number of aromatic nitrogens is 1. The van der Waals surface area contributed by atoms with Crippen LogP contribution in [0.15, 0.2) is 18.3 Å². The molecule has 5 heteroatoms. The molecule has 0 saturated carbocycles. The highest BCUT2D eigenvalue weighted by Crippen LogP contribution is 2.12. The second-order valence-electron chi connectivity index (χ2n) is 5.04. The molecule has 1 aromatic rings. The average Bonchev–Trinajstić information content (AvgIpc) is 3.01. The summed E-state index contributed by atoms with van der Waals surface area (Å²) in [5.74, 6) is -0.220. The van der Waals surface area contributed by atoms with Crippen molar-refractivity contribution in [2.45, 2.75) is 32.6 Å². The minimum absolute atomic E-state index is 0.0780. The van der Waals surface area contributed by atoms with Crippen LogP contribution in [-0.4, -0.2) is 41.3 Å². The smallest absolute Gasteiger partial charge is 0.272 e. The van der Waals surface area contributed by atoms with Gasteiger partial charge in [-0.1, -0.05) is 13.3 Å². The van der Waals surface area contributed by atoms with Crippen LogP contribution >= 0.6 is 0 Å². The van der Waals surface area contributed by atoms with Crippen molar-refractivity contribution in [3.05, 3.63) is 29.6 Å². The summed E-state index contributed by atoms with van der Waals surface area (Å²) >= 11 is 0. The molecule has 2 rings (SSSR count). The minimum Gasteiger partial charge on any atom is -0.352 e. The molecule has 1 fully saturated rings. The number of carbonyl (C=O) groups is 2.